The first-order chi connectivity index (χ1) is 22.5. The molecule has 0 fully saturated rings. The fourth-order valence-corrected chi connectivity index (χ4v) is 5.82. The summed E-state index contributed by atoms with van der Waals surface area (Å²) in [5, 5.41) is 33.0. The van der Waals surface area contributed by atoms with Crippen LogP contribution >= 0.6 is 0 Å². The summed E-state index contributed by atoms with van der Waals surface area (Å²) in [5.74, 6) is -0.337. The van der Waals surface area contributed by atoms with E-state index in [9.17, 15) is 20.1 Å². The van der Waals surface area contributed by atoms with Gasteiger partial charge < -0.3 is 20.6 Å². The highest BCUT2D eigenvalue weighted by molar-refractivity contribution is 5.76. The van der Waals surface area contributed by atoms with E-state index in [1.165, 1.54) is 116 Å². The van der Waals surface area contributed by atoms with Crippen molar-refractivity contribution in [2.75, 3.05) is 6.61 Å². The molecular formula is C41H77NO4. The van der Waals surface area contributed by atoms with Crippen LogP contribution in [0.1, 0.15) is 194 Å². The van der Waals surface area contributed by atoms with Crippen LogP contribution in [0, 0.1) is 0 Å². The lowest BCUT2D eigenvalue weighted by Gasteiger charge is -2.20. The lowest BCUT2D eigenvalue weighted by molar-refractivity contribution is -0.124. The minimum absolute atomic E-state index is 0.00554. The Balaban J connectivity index is 3.74. The minimum atomic E-state index is -0.953. The third-order valence-corrected chi connectivity index (χ3v) is 8.90. The molecule has 0 saturated heterocycles. The number of aliphatic hydroxyl groups is 3. The van der Waals surface area contributed by atoms with Gasteiger partial charge in [-0.25, -0.2) is 0 Å². The molecule has 1 amide bonds. The van der Waals surface area contributed by atoms with Crippen molar-refractivity contribution < 1.29 is 20.1 Å². The molecular weight excluding hydrogens is 570 g/mol. The molecule has 5 heteroatoms. The molecule has 46 heavy (non-hydrogen) atoms. The van der Waals surface area contributed by atoms with E-state index in [1.54, 1.807) is 6.08 Å². The summed E-state index contributed by atoms with van der Waals surface area (Å²) in [4.78, 5) is 12.3. The van der Waals surface area contributed by atoms with Gasteiger partial charge in [0.25, 0.3) is 0 Å². The zero-order valence-corrected chi connectivity index (χ0v) is 30.5. The molecule has 0 aromatic heterocycles. The number of carbonyl (C=O) groups is 1. The highest BCUT2D eigenvalue weighted by atomic mass is 16.3. The van der Waals surface area contributed by atoms with Crippen molar-refractivity contribution >= 4 is 5.91 Å². The molecule has 270 valence electrons. The fourth-order valence-electron chi connectivity index (χ4n) is 5.82. The van der Waals surface area contributed by atoms with Crippen LogP contribution < -0.4 is 5.32 Å². The third-order valence-electron chi connectivity index (χ3n) is 8.90. The minimum Gasteiger partial charge on any atom is -0.394 e. The van der Waals surface area contributed by atoms with E-state index in [2.05, 4.69) is 43.5 Å². The number of hydrogen-bond acceptors (Lipinski definition) is 4. The van der Waals surface area contributed by atoms with E-state index in [-0.39, 0.29) is 18.9 Å². The van der Waals surface area contributed by atoms with Crippen molar-refractivity contribution in [2.45, 2.75) is 212 Å². The van der Waals surface area contributed by atoms with Crippen LogP contribution in [0.4, 0.5) is 0 Å². The number of unbranched alkanes of at least 4 members (excludes halogenated alkanes) is 22. The number of aliphatic hydroxyl groups excluding tert-OH is 3. The second-order valence-electron chi connectivity index (χ2n) is 13.5. The van der Waals surface area contributed by atoms with Crippen molar-refractivity contribution in [1.29, 1.82) is 0 Å². The summed E-state index contributed by atoms with van der Waals surface area (Å²) in [6.45, 7) is 4.15. The Labute approximate surface area is 285 Å². The predicted molar refractivity (Wildman–Crippen MR) is 199 cm³/mol. The maximum absolute atomic E-state index is 12.3. The van der Waals surface area contributed by atoms with Gasteiger partial charge in [-0.2, -0.15) is 0 Å². The molecule has 0 radical (unpaired) electrons. The van der Waals surface area contributed by atoms with Crippen molar-refractivity contribution in [3.05, 3.63) is 36.5 Å². The normalized spacial score (nSPS) is 14.1. The molecule has 4 N–H and O–H groups in total. The smallest absolute Gasteiger partial charge is 0.222 e. The summed E-state index contributed by atoms with van der Waals surface area (Å²) in [5.41, 5.74) is 0. The van der Waals surface area contributed by atoms with E-state index in [1.807, 2.05) is 6.08 Å². The van der Waals surface area contributed by atoms with Gasteiger partial charge in [-0.05, 0) is 57.8 Å². The summed E-state index contributed by atoms with van der Waals surface area (Å²) in [7, 11) is 0. The SMILES string of the molecule is CCCCC/C=C\CCCCCC(O)CC(=O)NC(CO)C(O)/C=C/CC/C=C/CCCCCCCCCCCCCCCCC. The van der Waals surface area contributed by atoms with E-state index in [0.717, 1.165) is 51.4 Å². The number of amides is 1. The van der Waals surface area contributed by atoms with Gasteiger partial charge in [-0.15, -0.1) is 0 Å². The second-order valence-corrected chi connectivity index (χ2v) is 13.5. The van der Waals surface area contributed by atoms with Gasteiger partial charge >= 0.3 is 0 Å². The number of nitrogens with one attached hydrogen (secondary N) is 1. The molecule has 0 heterocycles. The van der Waals surface area contributed by atoms with Gasteiger partial charge in [0.15, 0.2) is 0 Å². The second kappa shape index (κ2) is 36.4. The molecule has 0 spiro atoms. The van der Waals surface area contributed by atoms with Gasteiger partial charge in [0, 0.05) is 0 Å². The fraction of sp³-hybridized carbons (Fsp3) is 0.829. The van der Waals surface area contributed by atoms with E-state index in [4.69, 9.17) is 0 Å². The molecule has 0 bridgehead atoms. The Morgan fingerprint density at radius 2 is 0.935 bits per heavy atom. The van der Waals surface area contributed by atoms with Crippen LogP contribution in [-0.2, 0) is 4.79 Å². The molecule has 5 nitrogen and oxygen atoms in total. The van der Waals surface area contributed by atoms with Crippen LogP contribution in [0.5, 0.6) is 0 Å². The molecule has 0 rings (SSSR count). The van der Waals surface area contributed by atoms with Gasteiger partial charge in [-0.1, -0.05) is 166 Å². The molecule has 0 aliphatic carbocycles. The van der Waals surface area contributed by atoms with Crippen LogP contribution in [0.2, 0.25) is 0 Å². The summed E-state index contributed by atoms with van der Waals surface area (Å²) in [6.07, 6.45) is 44.3. The molecule has 3 unspecified atom stereocenters. The number of rotatable bonds is 35. The molecule has 0 aliphatic rings. The van der Waals surface area contributed by atoms with Crippen LogP contribution in [0.25, 0.3) is 0 Å². The molecule has 0 aromatic carbocycles. The Morgan fingerprint density at radius 1 is 0.543 bits per heavy atom. The van der Waals surface area contributed by atoms with Crippen molar-refractivity contribution in [2.24, 2.45) is 0 Å². The molecule has 3 atom stereocenters. The summed E-state index contributed by atoms with van der Waals surface area (Å²) < 4.78 is 0. The standard InChI is InChI=1S/C41H77NO4/c1-3-5-7-9-11-13-15-16-17-18-19-20-21-22-23-24-25-27-29-31-33-35-40(45)39(37-43)42-41(46)36-38(44)34-32-30-28-26-14-12-10-8-6-4-2/h12,14,25,27,33,35,38-40,43-45H,3-11,13,15-24,26,28-32,34,36-37H2,1-2H3,(H,42,46)/b14-12-,27-25+,35-33+. The zero-order valence-electron chi connectivity index (χ0n) is 30.5. The lowest BCUT2D eigenvalue weighted by Crippen LogP contribution is -2.45. The first-order valence-electron chi connectivity index (χ1n) is 19.8. The number of carbonyl (C=O) groups excluding carboxylic acids is 1. The maximum Gasteiger partial charge on any atom is 0.222 e. The van der Waals surface area contributed by atoms with Crippen LogP contribution in [0.3, 0.4) is 0 Å². The van der Waals surface area contributed by atoms with Gasteiger partial charge in [-0.3, -0.25) is 4.79 Å². The summed E-state index contributed by atoms with van der Waals surface area (Å²) in [6, 6.07) is -0.763. The largest absolute Gasteiger partial charge is 0.394 e. The van der Waals surface area contributed by atoms with E-state index < -0.39 is 18.2 Å². The highest BCUT2D eigenvalue weighted by Gasteiger charge is 2.20. The highest BCUT2D eigenvalue weighted by Crippen LogP contribution is 2.14. The number of hydrogen-bond donors (Lipinski definition) is 4. The van der Waals surface area contributed by atoms with Crippen molar-refractivity contribution in [3.63, 3.8) is 0 Å². The molecule has 0 saturated carbocycles. The van der Waals surface area contributed by atoms with E-state index in [0.29, 0.717) is 6.42 Å². The number of allylic oxidation sites excluding steroid dienone is 5. The average molecular weight is 648 g/mol. The lowest BCUT2D eigenvalue weighted by atomic mass is 10.0. The quantitative estimate of drug-likeness (QED) is 0.0407. The van der Waals surface area contributed by atoms with Crippen LogP contribution in [-0.4, -0.2) is 46.1 Å². The van der Waals surface area contributed by atoms with Gasteiger partial charge in [0.2, 0.25) is 5.91 Å². The summed E-state index contributed by atoms with van der Waals surface area (Å²) >= 11 is 0. The van der Waals surface area contributed by atoms with E-state index >= 15 is 0 Å². The zero-order chi connectivity index (χ0) is 33.8. The van der Waals surface area contributed by atoms with Crippen LogP contribution in [0.15, 0.2) is 36.5 Å². The van der Waals surface area contributed by atoms with Crippen molar-refractivity contribution in [1.82, 2.24) is 5.32 Å². The first kappa shape index (κ1) is 44.6. The average Bonchev–Trinajstić information content (AvgIpc) is 3.05. The Kier molecular flexibility index (Phi) is 35.3. The van der Waals surface area contributed by atoms with Crippen molar-refractivity contribution in [3.8, 4) is 0 Å². The predicted octanol–water partition coefficient (Wildman–Crippen LogP) is 10.8. The topological polar surface area (TPSA) is 89.8 Å². The molecule has 0 aromatic rings. The Bertz CT molecular complexity index is 719. The molecule has 0 aliphatic heterocycles. The van der Waals surface area contributed by atoms with Gasteiger partial charge in [0.1, 0.15) is 0 Å². The Hall–Kier alpha value is -1.43. The third kappa shape index (κ3) is 32.5. The Morgan fingerprint density at radius 3 is 1.43 bits per heavy atom. The monoisotopic (exact) mass is 648 g/mol. The maximum atomic E-state index is 12.3. The van der Waals surface area contributed by atoms with Gasteiger partial charge in [0.05, 0.1) is 31.3 Å². The first-order valence-corrected chi connectivity index (χ1v) is 19.8.